The van der Waals surface area contributed by atoms with Crippen LogP contribution in [0.3, 0.4) is 0 Å². The van der Waals surface area contributed by atoms with Gasteiger partial charge in [0.25, 0.3) is 5.91 Å². The third-order valence-electron chi connectivity index (χ3n) is 5.26. The lowest BCUT2D eigenvalue weighted by Gasteiger charge is -2.12. The largest absolute Gasteiger partial charge is 0.361 e. The fourth-order valence-electron chi connectivity index (χ4n) is 3.62. The molecule has 0 saturated carbocycles. The maximum Gasteiger partial charge on any atom is 0.324 e. The Hall–Kier alpha value is -3.68. The summed E-state index contributed by atoms with van der Waals surface area (Å²) in [7, 11) is 0. The van der Waals surface area contributed by atoms with Crippen molar-refractivity contribution >= 4 is 28.7 Å². The number of fused-ring (bicyclic) bond motifs is 1. The van der Waals surface area contributed by atoms with Gasteiger partial charge in [0.1, 0.15) is 6.04 Å². The molecule has 3 aromatic rings. The zero-order valence-corrected chi connectivity index (χ0v) is 16.4. The third-order valence-corrected chi connectivity index (χ3v) is 5.26. The zero-order chi connectivity index (χ0) is 20.9. The summed E-state index contributed by atoms with van der Waals surface area (Å²) in [6, 6.07) is 10.5. The standard InChI is InChI=1S/C22H23N5O3/c28-20(25-13-15-4-3-10-23-12-15)8-7-19-21(29)27(22(30)26-19)11-9-16-14-24-18-6-2-1-5-17(16)18/h1-6,10,12,14,19,24H,7-9,11,13H2,(H,25,28)(H,26,30). The van der Waals surface area contributed by atoms with Crippen LogP contribution in [0.4, 0.5) is 4.79 Å². The van der Waals surface area contributed by atoms with E-state index in [0.717, 1.165) is 22.0 Å². The van der Waals surface area contributed by atoms with Gasteiger partial charge < -0.3 is 15.6 Å². The number of nitrogens with one attached hydrogen (secondary N) is 3. The molecule has 0 radical (unpaired) electrons. The number of hydrogen-bond donors (Lipinski definition) is 3. The van der Waals surface area contributed by atoms with Crippen molar-refractivity contribution in [1.82, 2.24) is 25.5 Å². The summed E-state index contributed by atoms with van der Waals surface area (Å²) in [6.07, 6.45) is 6.27. The normalized spacial score (nSPS) is 16.1. The molecular formula is C22H23N5O3. The van der Waals surface area contributed by atoms with Gasteiger partial charge in [-0.05, 0) is 36.1 Å². The smallest absolute Gasteiger partial charge is 0.324 e. The predicted molar refractivity (Wildman–Crippen MR) is 111 cm³/mol. The van der Waals surface area contributed by atoms with Crippen LogP contribution < -0.4 is 10.6 Å². The van der Waals surface area contributed by atoms with Crippen LogP contribution in [0.2, 0.25) is 0 Å². The van der Waals surface area contributed by atoms with Crippen LogP contribution in [0.1, 0.15) is 24.0 Å². The number of nitrogens with zero attached hydrogens (tertiary/aromatic N) is 2. The Morgan fingerprint density at radius 3 is 2.87 bits per heavy atom. The van der Waals surface area contributed by atoms with E-state index in [0.29, 0.717) is 19.5 Å². The van der Waals surface area contributed by atoms with Crippen LogP contribution in [-0.2, 0) is 22.6 Å². The number of amides is 4. The Bertz CT molecular complexity index is 1060. The van der Waals surface area contributed by atoms with Crippen molar-refractivity contribution in [2.24, 2.45) is 0 Å². The fraction of sp³-hybridized carbons (Fsp3) is 0.273. The minimum Gasteiger partial charge on any atom is -0.361 e. The van der Waals surface area contributed by atoms with Gasteiger partial charge in [0, 0.05) is 49.0 Å². The molecule has 154 valence electrons. The summed E-state index contributed by atoms with van der Waals surface area (Å²) in [5, 5.41) is 6.58. The van der Waals surface area contributed by atoms with Crippen molar-refractivity contribution in [2.75, 3.05) is 6.54 Å². The first kappa shape index (κ1) is 19.6. The zero-order valence-electron chi connectivity index (χ0n) is 16.4. The van der Waals surface area contributed by atoms with Crippen LogP contribution in [0.5, 0.6) is 0 Å². The number of benzene rings is 1. The van der Waals surface area contributed by atoms with Gasteiger partial charge >= 0.3 is 6.03 Å². The Kier molecular flexibility index (Phi) is 5.74. The first-order chi connectivity index (χ1) is 14.6. The number of hydrogen-bond acceptors (Lipinski definition) is 4. The molecule has 1 fully saturated rings. The quantitative estimate of drug-likeness (QED) is 0.499. The van der Waals surface area contributed by atoms with Crippen molar-refractivity contribution in [3.8, 4) is 0 Å². The van der Waals surface area contributed by atoms with E-state index in [-0.39, 0.29) is 24.7 Å². The highest BCUT2D eigenvalue weighted by atomic mass is 16.2. The molecule has 8 heteroatoms. The van der Waals surface area contributed by atoms with Crippen LogP contribution in [0.25, 0.3) is 10.9 Å². The van der Waals surface area contributed by atoms with E-state index in [2.05, 4.69) is 20.6 Å². The molecule has 1 aliphatic rings. The number of para-hydroxylation sites is 1. The molecule has 3 N–H and O–H groups in total. The highest BCUT2D eigenvalue weighted by Crippen LogP contribution is 2.19. The number of pyridine rings is 1. The van der Waals surface area contributed by atoms with E-state index >= 15 is 0 Å². The maximum absolute atomic E-state index is 12.6. The lowest BCUT2D eigenvalue weighted by Crippen LogP contribution is -2.33. The molecule has 1 unspecified atom stereocenters. The minimum absolute atomic E-state index is 0.160. The number of carbonyl (C=O) groups excluding carboxylic acids is 3. The number of urea groups is 1. The summed E-state index contributed by atoms with van der Waals surface area (Å²) in [5.74, 6) is -0.446. The monoisotopic (exact) mass is 405 g/mol. The van der Waals surface area contributed by atoms with Crippen LogP contribution >= 0.6 is 0 Å². The number of rotatable bonds is 8. The van der Waals surface area contributed by atoms with Gasteiger partial charge in [-0.1, -0.05) is 24.3 Å². The molecule has 1 aliphatic heterocycles. The molecule has 30 heavy (non-hydrogen) atoms. The molecule has 4 rings (SSSR count). The fourth-order valence-corrected chi connectivity index (χ4v) is 3.62. The van der Waals surface area contributed by atoms with E-state index in [1.165, 1.54) is 4.90 Å². The highest BCUT2D eigenvalue weighted by Gasteiger charge is 2.37. The topological polar surface area (TPSA) is 107 Å². The van der Waals surface area contributed by atoms with Gasteiger partial charge in [0.05, 0.1) is 0 Å². The van der Waals surface area contributed by atoms with E-state index in [4.69, 9.17) is 0 Å². The van der Waals surface area contributed by atoms with E-state index in [1.54, 1.807) is 18.5 Å². The third kappa shape index (κ3) is 4.32. The minimum atomic E-state index is -0.662. The predicted octanol–water partition coefficient (Wildman–Crippen LogP) is 2.12. The molecule has 2 aromatic heterocycles. The lowest BCUT2D eigenvalue weighted by atomic mass is 10.1. The molecule has 4 amide bonds. The van der Waals surface area contributed by atoms with Crippen molar-refractivity contribution < 1.29 is 14.4 Å². The summed E-state index contributed by atoms with van der Waals surface area (Å²) < 4.78 is 0. The second-order valence-corrected chi connectivity index (χ2v) is 7.28. The van der Waals surface area contributed by atoms with Gasteiger partial charge in [0.2, 0.25) is 5.91 Å². The van der Waals surface area contributed by atoms with E-state index in [1.807, 2.05) is 36.5 Å². The summed E-state index contributed by atoms with van der Waals surface area (Å²) >= 11 is 0. The highest BCUT2D eigenvalue weighted by molar-refractivity contribution is 6.04. The van der Waals surface area contributed by atoms with Crippen molar-refractivity contribution in [3.63, 3.8) is 0 Å². The summed E-state index contributed by atoms with van der Waals surface area (Å²) in [4.78, 5) is 45.4. The van der Waals surface area contributed by atoms with Gasteiger partial charge in [-0.25, -0.2) is 4.79 Å². The number of imide groups is 1. The Labute approximate surface area is 173 Å². The first-order valence-corrected chi connectivity index (χ1v) is 9.94. The van der Waals surface area contributed by atoms with Gasteiger partial charge in [-0.3, -0.25) is 19.5 Å². The van der Waals surface area contributed by atoms with Crippen molar-refractivity contribution in [1.29, 1.82) is 0 Å². The van der Waals surface area contributed by atoms with Crippen molar-refractivity contribution in [2.45, 2.75) is 31.8 Å². The Balaban J connectivity index is 1.26. The molecular weight excluding hydrogens is 382 g/mol. The van der Waals surface area contributed by atoms with Crippen molar-refractivity contribution in [3.05, 3.63) is 66.1 Å². The molecule has 0 bridgehead atoms. The number of aromatic amines is 1. The summed E-state index contributed by atoms with van der Waals surface area (Å²) in [6.45, 7) is 0.685. The Morgan fingerprint density at radius 1 is 1.17 bits per heavy atom. The number of H-pyrrole nitrogens is 1. The maximum atomic E-state index is 12.6. The average Bonchev–Trinajstić information content (AvgIpc) is 3.30. The van der Waals surface area contributed by atoms with Crippen LogP contribution in [0.15, 0.2) is 55.0 Å². The molecule has 1 saturated heterocycles. The lowest BCUT2D eigenvalue weighted by molar-refractivity contribution is -0.127. The van der Waals surface area contributed by atoms with Gasteiger partial charge in [-0.2, -0.15) is 0 Å². The summed E-state index contributed by atoms with van der Waals surface area (Å²) in [5.41, 5.74) is 2.99. The molecule has 0 aliphatic carbocycles. The number of carbonyl (C=O) groups is 3. The van der Waals surface area contributed by atoms with E-state index < -0.39 is 12.1 Å². The molecule has 3 heterocycles. The molecule has 1 aromatic carbocycles. The first-order valence-electron chi connectivity index (χ1n) is 9.94. The van der Waals surface area contributed by atoms with Crippen LogP contribution in [-0.4, -0.2) is 45.3 Å². The number of aromatic nitrogens is 2. The Morgan fingerprint density at radius 2 is 2.03 bits per heavy atom. The molecule has 0 spiro atoms. The van der Waals surface area contributed by atoms with E-state index in [9.17, 15) is 14.4 Å². The second kappa shape index (κ2) is 8.77. The second-order valence-electron chi connectivity index (χ2n) is 7.28. The SMILES string of the molecule is O=C(CCC1NC(=O)N(CCc2c[nH]c3ccccc23)C1=O)NCc1cccnc1. The van der Waals surface area contributed by atoms with Gasteiger partial charge in [0.15, 0.2) is 0 Å². The van der Waals surface area contributed by atoms with Gasteiger partial charge in [-0.15, -0.1) is 0 Å². The average molecular weight is 405 g/mol. The van der Waals surface area contributed by atoms with Crippen LogP contribution in [0, 0.1) is 0 Å². The molecule has 1 atom stereocenters. The molecule has 8 nitrogen and oxygen atoms in total.